The Balaban J connectivity index is 1.59. The lowest BCUT2D eigenvalue weighted by Gasteiger charge is -2.42. The predicted octanol–water partition coefficient (Wildman–Crippen LogP) is 5.65. The third-order valence-electron chi connectivity index (χ3n) is 7.19. The summed E-state index contributed by atoms with van der Waals surface area (Å²) < 4.78 is 4.14. The van der Waals surface area contributed by atoms with Crippen LogP contribution in [0.4, 0.5) is 17.1 Å². The largest absolute Gasteiger partial charge is 0.310 e. The first kappa shape index (κ1) is 19.2. The second kappa shape index (κ2) is 6.41. The van der Waals surface area contributed by atoms with Gasteiger partial charge in [0.2, 0.25) is 11.3 Å². The number of fused-ring (bicyclic) bond motifs is 8. The van der Waals surface area contributed by atoms with Crippen molar-refractivity contribution in [1.82, 2.24) is 29.2 Å². The van der Waals surface area contributed by atoms with Crippen LogP contribution in [0.3, 0.4) is 0 Å². The molecule has 0 saturated carbocycles. The van der Waals surface area contributed by atoms with E-state index in [1.54, 1.807) is 0 Å². The van der Waals surface area contributed by atoms with Gasteiger partial charge in [-0.2, -0.15) is 0 Å². The zero-order chi connectivity index (χ0) is 23.2. The smallest absolute Gasteiger partial charge is 0.207 e. The summed E-state index contributed by atoms with van der Waals surface area (Å²) in [5.41, 5.74) is 9.48. The third kappa shape index (κ3) is 2.31. The molecule has 0 fully saturated rings. The summed E-state index contributed by atoms with van der Waals surface area (Å²) >= 11 is 0. The van der Waals surface area contributed by atoms with Gasteiger partial charge in [-0.05, 0) is 55.3 Å². The van der Waals surface area contributed by atoms with Crippen molar-refractivity contribution in [2.24, 2.45) is 0 Å². The van der Waals surface area contributed by atoms with E-state index in [-0.39, 0.29) is 5.41 Å². The molecule has 7 rings (SSSR count). The van der Waals surface area contributed by atoms with Crippen LogP contribution in [0.15, 0.2) is 66.7 Å². The molecule has 0 bridgehead atoms. The Morgan fingerprint density at radius 2 is 1.15 bits per heavy atom. The van der Waals surface area contributed by atoms with Crippen molar-refractivity contribution < 1.29 is 0 Å². The second-order valence-corrected chi connectivity index (χ2v) is 9.48. The molecule has 0 saturated heterocycles. The van der Waals surface area contributed by atoms with E-state index < -0.39 is 0 Å². The van der Waals surface area contributed by atoms with E-state index in [0.29, 0.717) is 11.3 Å². The van der Waals surface area contributed by atoms with Crippen molar-refractivity contribution in [1.29, 1.82) is 0 Å². The Morgan fingerprint density at radius 1 is 0.618 bits per heavy atom. The lowest BCUT2D eigenvalue weighted by molar-refractivity contribution is 0.632. The lowest BCUT2D eigenvalue weighted by Crippen LogP contribution is -2.30. The topological polar surface area (TPSA) is 63.6 Å². The first-order valence-electron chi connectivity index (χ1n) is 11.4. The minimum absolute atomic E-state index is 0.0928. The number of anilines is 3. The van der Waals surface area contributed by atoms with Gasteiger partial charge in [0.05, 0.1) is 22.4 Å². The number of rotatable bonds is 1. The van der Waals surface area contributed by atoms with Crippen LogP contribution in [0.25, 0.3) is 22.3 Å². The highest BCUT2D eigenvalue weighted by Crippen LogP contribution is 2.51. The van der Waals surface area contributed by atoms with Crippen molar-refractivity contribution in [3.05, 3.63) is 89.5 Å². The van der Waals surface area contributed by atoms with Crippen LogP contribution >= 0.6 is 0 Å². The lowest BCUT2D eigenvalue weighted by atomic mass is 9.73. The summed E-state index contributed by atoms with van der Waals surface area (Å²) in [5.74, 6) is 1.65. The van der Waals surface area contributed by atoms with Gasteiger partial charge >= 0.3 is 0 Å². The molecule has 4 heterocycles. The van der Waals surface area contributed by atoms with Crippen LogP contribution in [0, 0.1) is 13.8 Å². The summed E-state index contributed by atoms with van der Waals surface area (Å²) in [6.07, 6.45) is 0. The molecule has 3 aromatic heterocycles. The number of para-hydroxylation sites is 2. The van der Waals surface area contributed by atoms with Gasteiger partial charge in [0.1, 0.15) is 11.6 Å². The summed E-state index contributed by atoms with van der Waals surface area (Å²) in [6.45, 7) is 8.54. The average Bonchev–Trinajstić information content (AvgIpc) is 3.42. The third-order valence-corrected chi connectivity index (χ3v) is 7.19. The van der Waals surface area contributed by atoms with E-state index in [0.717, 1.165) is 28.4 Å². The fraction of sp³-hybridized carbons (Fsp3) is 0.185. The van der Waals surface area contributed by atoms with E-state index in [9.17, 15) is 0 Å². The molecule has 6 aromatic rings. The zero-order valence-electron chi connectivity index (χ0n) is 19.5. The van der Waals surface area contributed by atoms with Gasteiger partial charge in [0.15, 0.2) is 0 Å². The minimum atomic E-state index is -0.0928. The van der Waals surface area contributed by atoms with Crippen LogP contribution in [-0.2, 0) is 5.41 Å². The highest BCUT2D eigenvalue weighted by molar-refractivity contribution is 5.92. The van der Waals surface area contributed by atoms with Gasteiger partial charge in [0.25, 0.3) is 0 Å². The van der Waals surface area contributed by atoms with E-state index in [1.807, 2.05) is 13.8 Å². The predicted molar refractivity (Wildman–Crippen MR) is 133 cm³/mol. The van der Waals surface area contributed by atoms with Gasteiger partial charge < -0.3 is 4.90 Å². The minimum Gasteiger partial charge on any atom is -0.310 e. The van der Waals surface area contributed by atoms with Crippen LogP contribution in [0.1, 0.15) is 36.6 Å². The molecule has 0 aliphatic carbocycles. The quantitative estimate of drug-likeness (QED) is 0.327. The highest BCUT2D eigenvalue weighted by Gasteiger charge is 2.36. The molecule has 0 amide bonds. The van der Waals surface area contributed by atoms with Gasteiger partial charge in [0, 0.05) is 11.1 Å². The molecule has 3 aromatic carbocycles. The number of hydrogen-bond acceptors (Lipinski definition) is 5. The first-order chi connectivity index (χ1) is 16.5. The molecule has 7 nitrogen and oxygen atoms in total. The van der Waals surface area contributed by atoms with Gasteiger partial charge in [-0.15, -0.1) is 20.4 Å². The Labute approximate surface area is 196 Å². The average molecular weight is 446 g/mol. The van der Waals surface area contributed by atoms with E-state index >= 15 is 0 Å². The van der Waals surface area contributed by atoms with E-state index in [4.69, 9.17) is 0 Å². The number of benzene rings is 3. The van der Waals surface area contributed by atoms with Crippen molar-refractivity contribution in [3.8, 4) is 0 Å². The molecule has 0 radical (unpaired) electrons. The summed E-state index contributed by atoms with van der Waals surface area (Å²) in [4.78, 5) is 2.37. The molecular formula is C27H23N7. The first-order valence-corrected chi connectivity index (χ1v) is 11.4. The maximum absolute atomic E-state index is 4.42. The highest BCUT2D eigenvalue weighted by atomic mass is 15.3. The van der Waals surface area contributed by atoms with Gasteiger partial charge in [-0.25, -0.2) is 0 Å². The number of nitrogens with zero attached hydrogens (tertiary/aromatic N) is 7. The van der Waals surface area contributed by atoms with Crippen molar-refractivity contribution in [2.75, 3.05) is 4.90 Å². The second-order valence-electron chi connectivity index (χ2n) is 9.48. The van der Waals surface area contributed by atoms with E-state index in [2.05, 4.69) is 115 Å². The molecule has 0 spiro atoms. The van der Waals surface area contributed by atoms with Crippen molar-refractivity contribution in [3.63, 3.8) is 0 Å². The molecule has 34 heavy (non-hydrogen) atoms. The summed E-state index contributed by atoms with van der Waals surface area (Å²) in [5, 5.41) is 17.5. The van der Waals surface area contributed by atoms with Gasteiger partial charge in [-0.1, -0.05) is 50.2 Å². The number of aryl methyl sites for hydroxylation is 2. The van der Waals surface area contributed by atoms with Crippen LogP contribution in [0.2, 0.25) is 0 Å². The van der Waals surface area contributed by atoms with Gasteiger partial charge in [-0.3, -0.25) is 8.80 Å². The Morgan fingerprint density at radius 3 is 1.74 bits per heavy atom. The fourth-order valence-electron chi connectivity index (χ4n) is 5.56. The Hall–Kier alpha value is -4.26. The molecule has 0 N–H and O–H groups in total. The Kier molecular flexibility index (Phi) is 3.63. The molecule has 0 unspecified atom stereocenters. The maximum atomic E-state index is 4.42. The summed E-state index contributed by atoms with van der Waals surface area (Å²) in [6, 6.07) is 23.9. The molecule has 1 aliphatic heterocycles. The zero-order valence-corrected chi connectivity index (χ0v) is 19.5. The van der Waals surface area contributed by atoms with Crippen molar-refractivity contribution in [2.45, 2.75) is 33.1 Å². The van der Waals surface area contributed by atoms with Crippen LogP contribution < -0.4 is 4.90 Å². The molecule has 7 heteroatoms. The van der Waals surface area contributed by atoms with E-state index in [1.165, 1.54) is 22.5 Å². The number of hydrogen-bond donors (Lipinski definition) is 0. The molecule has 166 valence electrons. The molecule has 1 aliphatic rings. The van der Waals surface area contributed by atoms with Crippen LogP contribution in [-0.4, -0.2) is 29.2 Å². The molecule has 0 atom stereocenters. The molecular weight excluding hydrogens is 422 g/mol. The SMILES string of the molecule is Cc1nnc2c3nnc(C)n3c3cc(N4c5ccccc5C(C)(C)c5ccccc54)ccc3n12. The normalized spacial score (nSPS) is 14.6. The van der Waals surface area contributed by atoms with Crippen molar-refractivity contribution >= 4 is 39.4 Å². The standard InChI is InChI=1S/C27H23N7/c1-16-28-30-25-26-31-29-17(2)33(26)24-15-18(13-14-23(24)32(16)25)34-21-11-7-5-9-19(21)27(3,4)20-10-6-8-12-22(20)34/h5-15H,1-4H3. The Bertz CT molecular complexity index is 1720. The number of aromatic nitrogens is 6. The van der Waals surface area contributed by atoms with Crippen LogP contribution in [0.5, 0.6) is 0 Å². The maximum Gasteiger partial charge on any atom is 0.207 e. The fourth-order valence-corrected chi connectivity index (χ4v) is 5.56. The monoisotopic (exact) mass is 445 g/mol. The summed E-state index contributed by atoms with van der Waals surface area (Å²) in [7, 11) is 0.